The summed E-state index contributed by atoms with van der Waals surface area (Å²) in [6, 6.07) is 12.6. The van der Waals surface area contributed by atoms with Gasteiger partial charge in [0.15, 0.2) is 19.9 Å². The summed E-state index contributed by atoms with van der Waals surface area (Å²) in [6.45, 7) is 0. The zero-order valence-corrected chi connectivity index (χ0v) is 20.0. The first-order valence-corrected chi connectivity index (χ1v) is 12.0. The summed E-state index contributed by atoms with van der Waals surface area (Å²) in [6.07, 6.45) is -13.5. The van der Waals surface area contributed by atoms with Crippen molar-refractivity contribution in [2.75, 3.05) is 0 Å². The third-order valence-corrected chi connectivity index (χ3v) is 7.51. The first-order valence-electron chi connectivity index (χ1n) is 9.41. The third kappa shape index (κ3) is 6.39. The summed E-state index contributed by atoms with van der Waals surface area (Å²) in [5.41, 5.74) is 0. The van der Waals surface area contributed by atoms with Crippen LogP contribution in [0.25, 0.3) is 0 Å². The topological polar surface area (TPSA) is 57.2 Å². The van der Waals surface area contributed by atoms with E-state index in [1.54, 1.807) is 0 Å². The molecule has 3 nitrogen and oxygen atoms in total. The molecule has 0 aliphatic rings. The highest BCUT2D eigenvalue weighted by Gasteiger charge is 2.84. The summed E-state index contributed by atoms with van der Waals surface area (Å²) >= 11 is 0. The Balaban J connectivity index is 0.000000421. The van der Waals surface area contributed by atoms with E-state index in [4.69, 9.17) is 0 Å². The molecule has 0 amide bonds. The van der Waals surface area contributed by atoms with Gasteiger partial charge in [-0.15, -0.1) is 8.78 Å². The number of rotatable bonds is 7. The van der Waals surface area contributed by atoms with Gasteiger partial charge in [-0.1, -0.05) is 36.4 Å². The molecule has 0 saturated heterocycles. The number of hydrogen-bond donors (Lipinski definition) is 0. The van der Waals surface area contributed by atoms with Crippen molar-refractivity contribution in [2.24, 2.45) is 0 Å². The quantitative estimate of drug-likeness (QED) is 0.177. The highest BCUT2D eigenvalue weighted by Crippen LogP contribution is 2.55. The Hall–Kier alpha value is -2.42. The van der Waals surface area contributed by atoms with Crippen LogP contribution in [0.2, 0.25) is 0 Å². The first kappa shape index (κ1) is 35.6. The van der Waals surface area contributed by atoms with Gasteiger partial charge in [0.1, 0.15) is 10.9 Å². The molecule has 0 aliphatic heterocycles. The van der Waals surface area contributed by atoms with Crippen LogP contribution in [0.4, 0.5) is 70.2 Å². The second-order valence-corrected chi connectivity index (χ2v) is 10.6. The van der Waals surface area contributed by atoms with Gasteiger partial charge in [-0.3, -0.25) is 0 Å². The van der Waals surface area contributed by atoms with E-state index in [-0.39, 0.29) is 9.79 Å². The lowest BCUT2D eigenvalue weighted by Gasteiger charge is -2.34. The largest absolute Gasteiger partial charge is 0.743 e. The normalized spacial score (nSPS) is 14.6. The fourth-order valence-electron chi connectivity index (χ4n) is 2.36. The Bertz CT molecular complexity index is 1190. The lowest BCUT2D eigenvalue weighted by atomic mass is 10.1. The summed E-state index contributed by atoms with van der Waals surface area (Å²) in [5.74, 6) is -21.0. The maximum absolute atomic E-state index is 14.3. The summed E-state index contributed by atoms with van der Waals surface area (Å²) in [5, 5.41) is -12.4. The van der Waals surface area contributed by atoms with Crippen molar-refractivity contribution < 1.29 is 83.2 Å². The van der Waals surface area contributed by atoms with E-state index in [9.17, 15) is 83.2 Å². The van der Waals surface area contributed by atoms with E-state index in [1.807, 2.05) is 0 Å². The molecule has 2 rings (SSSR count). The molecule has 0 spiro atoms. The van der Waals surface area contributed by atoms with Crippen molar-refractivity contribution in [2.45, 2.75) is 50.4 Å². The average molecular weight is 654 g/mol. The van der Waals surface area contributed by atoms with E-state index < -0.39 is 61.6 Å². The van der Waals surface area contributed by atoms with Crippen LogP contribution in [0.15, 0.2) is 70.5 Å². The molecule has 228 valence electrons. The molecule has 40 heavy (non-hydrogen) atoms. The van der Waals surface area contributed by atoms with Gasteiger partial charge >= 0.3 is 40.6 Å². The smallest absolute Gasteiger partial charge is 0.494 e. The lowest BCUT2D eigenvalue weighted by Crippen LogP contribution is -2.63. The number of hydrogen-bond acceptors (Lipinski definition) is 3. The molecule has 0 N–H and O–H groups in total. The fourth-order valence-corrected chi connectivity index (χ4v) is 4.89. The fraction of sp³-hybridized carbons (Fsp3) is 0.368. The highest BCUT2D eigenvalue weighted by atomic mass is 32.2. The molecule has 0 saturated carbocycles. The molecule has 0 bridgehead atoms. The predicted molar refractivity (Wildman–Crippen MR) is 103 cm³/mol. The van der Waals surface area contributed by atoms with E-state index in [0.29, 0.717) is 0 Å². The van der Waals surface area contributed by atoms with Crippen LogP contribution in [0.1, 0.15) is 0 Å². The summed E-state index contributed by atoms with van der Waals surface area (Å²) in [4.78, 5) is -0.597. The molecule has 21 heteroatoms. The Kier molecular flexibility index (Phi) is 9.88. The number of alkyl halides is 16. The van der Waals surface area contributed by atoms with Gasteiger partial charge in [-0.25, -0.2) is 8.42 Å². The van der Waals surface area contributed by atoms with Crippen LogP contribution in [-0.2, 0) is 21.0 Å². The van der Waals surface area contributed by atoms with Crippen LogP contribution < -0.4 is 0 Å². The van der Waals surface area contributed by atoms with Gasteiger partial charge < -0.3 is 4.55 Å². The van der Waals surface area contributed by atoms with Gasteiger partial charge in [0.2, 0.25) is 0 Å². The first-order chi connectivity index (χ1) is 17.6. The molecule has 0 unspecified atom stereocenters. The standard InChI is InChI=1S/C15H10F7S.C4HF9O3S/c16-13(17,14(18,19)20)15(21,22)23(11-7-3-1-4-8-11)12-9-5-2-6-10-12;5-1(6,3(9,10)11)2(7,8)4(12,13)17(14,15)16/h1-10H;(H,14,15,16)/q+1;/p-1. The van der Waals surface area contributed by atoms with Crippen molar-refractivity contribution in [3.8, 4) is 0 Å². The van der Waals surface area contributed by atoms with Gasteiger partial charge in [0.25, 0.3) is 0 Å². The van der Waals surface area contributed by atoms with Gasteiger partial charge in [0, 0.05) is 0 Å². The molecule has 0 radical (unpaired) electrons. The molecule has 2 aromatic carbocycles. The van der Waals surface area contributed by atoms with Crippen LogP contribution in [0, 0.1) is 0 Å². The second-order valence-electron chi connectivity index (χ2n) is 7.14. The zero-order valence-electron chi connectivity index (χ0n) is 18.4. The van der Waals surface area contributed by atoms with Gasteiger partial charge in [-0.2, -0.15) is 61.5 Å². The van der Waals surface area contributed by atoms with E-state index in [0.717, 1.165) is 24.3 Å². The molecule has 0 fully saturated rings. The summed E-state index contributed by atoms with van der Waals surface area (Å²) < 4.78 is 228. The molecule has 0 heterocycles. The Morgan fingerprint density at radius 2 is 0.800 bits per heavy atom. The van der Waals surface area contributed by atoms with Gasteiger partial charge in [-0.05, 0) is 24.3 Å². The monoisotopic (exact) mass is 654 g/mol. The lowest BCUT2D eigenvalue weighted by molar-refractivity contribution is -0.382. The zero-order chi connectivity index (χ0) is 31.8. The van der Waals surface area contributed by atoms with E-state index in [2.05, 4.69) is 0 Å². The summed E-state index contributed by atoms with van der Waals surface area (Å²) in [7, 11) is -10.2. The van der Waals surface area contributed by atoms with Crippen molar-refractivity contribution in [1.82, 2.24) is 0 Å². The van der Waals surface area contributed by atoms with Crippen LogP contribution in [-0.4, -0.2) is 53.6 Å². The minimum Gasteiger partial charge on any atom is -0.743 e. The van der Waals surface area contributed by atoms with Crippen molar-refractivity contribution >= 4 is 21.0 Å². The van der Waals surface area contributed by atoms with Crippen molar-refractivity contribution in [1.29, 1.82) is 0 Å². The minimum absolute atomic E-state index is 0.298. The molecule has 0 aromatic heterocycles. The van der Waals surface area contributed by atoms with Crippen LogP contribution >= 0.6 is 0 Å². The predicted octanol–water partition coefficient (Wildman–Crippen LogP) is 7.47. The minimum atomic E-state index is -7.43. The van der Waals surface area contributed by atoms with Crippen molar-refractivity contribution in [3.05, 3.63) is 60.7 Å². The molecule has 0 aliphatic carbocycles. The maximum Gasteiger partial charge on any atom is 0.494 e. The average Bonchev–Trinajstić information content (AvgIpc) is 2.78. The van der Waals surface area contributed by atoms with Crippen LogP contribution in [0.5, 0.6) is 0 Å². The molecule has 2 aromatic rings. The second kappa shape index (κ2) is 11.1. The van der Waals surface area contributed by atoms with Crippen LogP contribution in [0.3, 0.4) is 0 Å². The molecule has 0 atom stereocenters. The van der Waals surface area contributed by atoms with E-state index in [1.165, 1.54) is 36.4 Å². The van der Waals surface area contributed by atoms with E-state index >= 15 is 0 Å². The van der Waals surface area contributed by atoms with Crippen molar-refractivity contribution in [3.63, 3.8) is 0 Å². The van der Waals surface area contributed by atoms with Gasteiger partial charge in [0.05, 0.1) is 0 Å². The Labute approximate surface area is 215 Å². The molecular formula is C19H10F16O3S2. The number of benzene rings is 2. The molecular weight excluding hydrogens is 644 g/mol. The maximum atomic E-state index is 14.3. The Morgan fingerprint density at radius 1 is 0.500 bits per heavy atom. The Morgan fingerprint density at radius 3 is 1.05 bits per heavy atom. The highest BCUT2D eigenvalue weighted by molar-refractivity contribution is 7.98. The number of halogens is 16. The third-order valence-electron chi connectivity index (χ3n) is 4.37. The SMILES string of the molecule is FC(F)(F)C(F)(F)C(F)(F)[S+](c1ccccc1)c1ccccc1.O=S(=O)([O-])C(F)(F)C(F)(F)C(F)(F)C(F)(F)F.